The zero-order chi connectivity index (χ0) is 18.7. The second kappa shape index (κ2) is 8.23. The van der Waals surface area contributed by atoms with Gasteiger partial charge in [0.1, 0.15) is 5.82 Å². The lowest BCUT2D eigenvalue weighted by Crippen LogP contribution is -2.30. The van der Waals surface area contributed by atoms with E-state index in [0.29, 0.717) is 0 Å². The van der Waals surface area contributed by atoms with Crippen molar-refractivity contribution in [2.24, 2.45) is 0 Å². The van der Waals surface area contributed by atoms with Crippen molar-refractivity contribution in [3.63, 3.8) is 0 Å². The van der Waals surface area contributed by atoms with E-state index in [1.807, 2.05) is 0 Å². The van der Waals surface area contributed by atoms with Gasteiger partial charge in [0.05, 0.1) is 26.3 Å². The number of esters is 1. The number of carbonyl (C=O) groups excluding carboxylic acids is 2. The summed E-state index contributed by atoms with van der Waals surface area (Å²) in [5.41, 5.74) is -0.183. The van der Waals surface area contributed by atoms with Crippen molar-refractivity contribution >= 4 is 64.0 Å². The molecule has 0 saturated heterocycles. The molecule has 0 aliphatic heterocycles. The molecule has 132 valence electrons. The van der Waals surface area contributed by atoms with Crippen LogP contribution in [-0.2, 0) is 9.53 Å². The number of halogens is 5. The van der Waals surface area contributed by atoms with E-state index >= 15 is 0 Å². The lowest BCUT2D eigenvalue weighted by Gasteiger charge is -2.15. The molecular weight excluding hydrogens is 415 g/mol. The van der Waals surface area contributed by atoms with Gasteiger partial charge in [-0.25, -0.2) is 9.18 Å². The number of carbonyl (C=O) groups is 2. The number of anilines is 1. The van der Waals surface area contributed by atoms with Crippen molar-refractivity contribution in [2.75, 3.05) is 5.32 Å². The SMILES string of the molecule is CC(OC(=O)c1cc(Cl)ccc1F)C(=O)Nc1cc(Cl)c(Cl)cc1Cl. The quantitative estimate of drug-likeness (QED) is 0.511. The monoisotopic (exact) mass is 423 g/mol. The Balaban J connectivity index is 2.09. The number of ether oxygens (including phenoxy) is 1. The van der Waals surface area contributed by atoms with Crippen LogP contribution in [0.5, 0.6) is 0 Å². The lowest BCUT2D eigenvalue weighted by molar-refractivity contribution is -0.123. The first kappa shape index (κ1) is 19.8. The van der Waals surface area contributed by atoms with Gasteiger partial charge in [0.2, 0.25) is 0 Å². The van der Waals surface area contributed by atoms with Gasteiger partial charge in [-0.3, -0.25) is 4.79 Å². The highest BCUT2D eigenvalue weighted by molar-refractivity contribution is 6.44. The predicted octanol–water partition coefficient (Wildman–Crippen LogP) is 5.62. The van der Waals surface area contributed by atoms with Crippen LogP contribution in [0.2, 0.25) is 20.1 Å². The van der Waals surface area contributed by atoms with Crippen molar-refractivity contribution in [3.05, 3.63) is 61.8 Å². The van der Waals surface area contributed by atoms with E-state index in [0.717, 1.165) is 12.1 Å². The van der Waals surface area contributed by atoms with Crippen LogP contribution in [0.4, 0.5) is 10.1 Å². The van der Waals surface area contributed by atoms with Gasteiger partial charge >= 0.3 is 5.97 Å². The van der Waals surface area contributed by atoms with Crippen molar-refractivity contribution in [1.82, 2.24) is 0 Å². The Hall–Kier alpha value is -1.53. The number of hydrogen-bond acceptors (Lipinski definition) is 3. The van der Waals surface area contributed by atoms with Crippen LogP contribution in [0.3, 0.4) is 0 Å². The first-order valence-electron chi connectivity index (χ1n) is 6.80. The Morgan fingerprint density at radius 2 is 1.68 bits per heavy atom. The van der Waals surface area contributed by atoms with E-state index in [4.69, 9.17) is 51.1 Å². The minimum absolute atomic E-state index is 0.155. The summed E-state index contributed by atoms with van der Waals surface area (Å²) in [4.78, 5) is 24.1. The molecule has 1 atom stereocenters. The summed E-state index contributed by atoms with van der Waals surface area (Å²) in [5.74, 6) is -2.52. The lowest BCUT2D eigenvalue weighted by atomic mass is 10.2. The van der Waals surface area contributed by atoms with Gasteiger partial charge in [0.25, 0.3) is 5.91 Å². The zero-order valence-electron chi connectivity index (χ0n) is 12.6. The molecule has 0 fully saturated rings. The van der Waals surface area contributed by atoms with Crippen LogP contribution in [0, 0.1) is 5.82 Å². The maximum atomic E-state index is 13.6. The molecule has 1 amide bonds. The van der Waals surface area contributed by atoms with Gasteiger partial charge in [-0.1, -0.05) is 46.4 Å². The Morgan fingerprint density at radius 1 is 1.04 bits per heavy atom. The molecule has 0 spiro atoms. The molecule has 0 heterocycles. The van der Waals surface area contributed by atoms with E-state index in [9.17, 15) is 14.0 Å². The van der Waals surface area contributed by atoms with Gasteiger partial charge in [0.15, 0.2) is 6.10 Å². The summed E-state index contributed by atoms with van der Waals surface area (Å²) < 4.78 is 18.6. The maximum absolute atomic E-state index is 13.6. The highest BCUT2D eigenvalue weighted by atomic mass is 35.5. The maximum Gasteiger partial charge on any atom is 0.341 e. The standard InChI is InChI=1S/C16H10Cl4FNO3/c1-7(25-16(24)9-4-8(17)2-3-13(9)21)15(23)22-14-6-11(19)10(18)5-12(14)20/h2-7H,1H3,(H,22,23). The van der Waals surface area contributed by atoms with Gasteiger partial charge < -0.3 is 10.1 Å². The average molecular weight is 425 g/mol. The minimum Gasteiger partial charge on any atom is -0.449 e. The second-order valence-corrected chi connectivity index (χ2v) is 6.57. The first-order chi connectivity index (χ1) is 11.7. The van der Waals surface area contributed by atoms with E-state index in [-0.39, 0.29) is 31.3 Å². The minimum atomic E-state index is -1.23. The molecule has 1 N–H and O–H groups in total. The molecule has 2 rings (SSSR count). The molecule has 0 aliphatic carbocycles. The van der Waals surface area contributed by atoms with Crippen molar-refractivity contribution in [2.45, 2.75) is 13.0 Å². The third-order valence-electron chi connectivity index (χ3n) is 3.07. The van der Waals surface area contributed by atoms with Crippen LogP contribution in [0.1, 0.15) is 17.3 Å². The largest absolute Gasteiger partial charge is 0.449 e. The molecule has 0 radical (unpaired) electrons. The summed E-state index contributed by atoms with van der Waals surface area (Å²) in [7, 11) is 0. The predicted molar refractivity (Wildman–Crippen MR) is 96.4 cm³/mol. The van der Waals surface area contributed by atoms with Crippen molar-refractivity contribution < 1.29 is 18.7 Å². The molecule has 0 saturated carbocycles. The highest BCUT2D eigenvalue weighted by Crippen LogP contribution is 2.32. The first-order valence-corrected chi connectivity index (χ1v) is 8.31. The third-order valence-corrected chi connectivity index (χ3v) is 4.34. The molecule has 0 aromatic heterocycles. The van der Waals surface area contributed by atoms with Crippen LogP contribution in [0.25, 0.3) is 0 Å². The summed E-state index contributed by atoms with van der Waals surface area (Å²) >= 11 is 23.3. The van der Waals surface area contributed by atoms with Gasteiger partial charge in [-0.05, 0) is 37.3 Å². The summed E-state index contributed by atoms with van der Waals surface area (Å²) in [6, 6.07) is 6.14. The Bertz CT molecular complexity index is 844. The summed E-state index contributed by atoms with van der Waals surface area (Å²) in [6.07, 6.45) is -1.23. The number of nitrogens with one attached hydrogen (secondary N) is 1. The van der Waals surface area contributed by atoms with Crippen LogP contribution >= 0.6 is 46.4 Å². The molecule has 2 aromatic rings. The Labute approximate surface area is 162 Å². The third kappa shape index (κ3) is 4.98. The number of rotatable bonds is 4. The highest BCUT2D eigenvalue weighted by Gasteiger charge is 2.22. The van der Waals surface area contributed by atoms with E-state index in [1.165, 1.54) is 25.1 Å². The van der Waals surface area contributed by atoms with E-state index in [2.05, 4.69) is 5.32 Å². The Kier molecular flexibility index (Phi) is 6.52. The summed E-state index contributed by atoms with van der Waals surface area (Å²) in [6.45, 7) is 1.32. The molecular formula is C16H10Cl4FNO3. The smallest absolute Gasteiger partial charge is 0.341 e. The summed E-state index contributed by atoms with van der Waals surface area (Å²) in [5, 5.41) is 3.17. The van der Waals surface area contributed by atoms with Gasteiger partial charge in [0, 0.05) is 5.02 Å². The van der Waals surface area contributed by atoms with Crippen LogP contribution < -0.4 is 5.32 Å². The molecule has 0 bridgehead atoms. The van der Waals surface area contributed by atoms with Gasteiger partial charge in [-0.2, -0.15) is 0 Å². The molecule has 25 heavy (non-hydrogen) atoms. The van der Waals surface area contributed by atoms with Crippen LogP contribution in [0.15, 0.2) is 30.3 Å². The van der Waals surface area contributed by atoms with Crippen molar-refractivity contribution in [3.8, 4) is 0 Å². The Morgan fingerprint density at radius 3 is 2.36 bits per heavy atom. The number of amides is 1. The van der Waals surface area contributed by atoms with Crippen LogP contribution in [-0.4, -0.2) is 18.0 Å². The average Bonchev–Trinajstić information content (AvgIpc) is 2.54. The number of benzene rings is 2. The molecule has 0 aliphatic rings. The van der Waals surface area contributed by atoms with Gasteiger partial charge in [-0.15, -0.1) is 0 Å². The fourth-order valence-electron chi connectivity index (χ4n) is 1.78. The fraction of sp³-hybridized carbons (Fsp3) is 0.125. The zero-order valence-corrected chi connectivity index (χ0v) is 15.6. The fourth-order valence-corrected chi connectivity index (χ4v) is 2.55. The van der Waals surface area contributed by atoms with E-state index < -0.39 is 23.8 Å². The molecule has 9 heteroatoms. The molecule has 4 nitrogen and oxygen atoms in total. The van der Waals surface area contributed by atoms with Crippen molar-refractivity contribution in [1.29, 1.82) is 0 Å². The van der Waals surface area contributed by atoms with E-state index in [1.54, 1.807) is 0 Å². The second-order valence-electron chi connectivity index (χ2n) is 4.91. The molecule has 2 aromatic carbocycles. The number of hydrogen-bond donors (Lipinski definition) is 1. The molecule has 1 unspecified atom stereocenters. The normalized spacial score (nSPS) is 11.8. The topological polar surface area (TPSA) is 55.4 Å².